The van der Waals surface area contributed by atoms with Crippen molar-refractivity contribution in [1.29, 1.82) is 0 Å². The first-order chi connectivity index (χ1) is 9.15. The zero-order chi connectivity index (χ0) is 14.1. The minimum absolute atomic E-state index is 0.123. The van der Waals surface area contributed by atoms with Crippen LogP contribution >= 0.6 is 0 Å². The lowest BCUT2D eigenvalue weighted by atomic mass is 10.3. The number of methoxy groups -OCH3 is 1. The normalized spacial score (nSPS) is 9.79. The van der Waals surface area contributed by atoms with Gasteiger partial charge in [-0.15, -0.1) is 0 Å². The molecule has 0 saturated heterocycles. The van der Waals surface area contributed by atoms with Crippen molar-refractivity contribution in [3.8, 4) is 5.75 Å². The van der Waals surface area contributed by atoms with Crippen molar-refractivity contribution in [2.75, 3.05) is 25.6 Å². The number of carbonyl (C=O) groups excluding carboxylic acids is 2. The Kier molecular flexibility index (Phi) is 6.38. The molecule has 0 bridgehead atoms. The molecular weight excluding hydrogens is 248 g/mol. The average Bonchev–Trinajstić information content (AvgIpc) is 2.41. The molecule has 0 aliphatic heterocycles. The fourth-order valence-electron chi connectivity index (χ4n) is 1.34. The average molecular weight is 266 g/mol. The second-order valence-corrected chi connectivity index (χ2v) is 3.79. The largest absolute Gasteiger partial charge is 0.493 e. The van der Waals surface area contributed by atoms with E-state index in [1.165, 1.54) is 7.11 Å². The van der Waals surface area contributed by atoms with E-state index in [0.717, 1.165) is 0 Å². The molecule has 1 amide bonds. The number of nitrogens with one attached hydrogen (secondary N) is 1. The molecule has 3 N–H and O–H groups in total. The van der Waals surface area contributed by atoms with E-state index in [9.17, 15) is 9.59 Å². The summed E-state index contributed by atoms with van der Waals surface area (Å²) in [5.74, 6) is 0.188. The van der Waals surface area contributed by atoms with Crippen molar-refractivity contribution in [2.45, 2.75) is 12.8 Å². The van der Waals surface area contributed by atoms with Crippen LogP contribution in [0.2, 0.25) is 0 Å². The van der Waals surface area contributed by atoms with Crippen LogP contribution in [0.4, 0.5) is 5.69 Å². The van der Waals surface area contributed by atoms with Crippen LogP contribution in [0.5, 0.6) is 5.75 Å². The summed E-state index contributed by atoms with van der Waals surface area (Å²) in [6.07, 6.45) is 0.489. The SMILES string of the molecule is COC(=O)CCOc1ccc(NC(=O)CCN)cc1. The molecule has 0 heterocycles. The first-order valence-corrected chi connectivity index (χ1v) is 5.95. The van der Waals surface area contributed by atoms with E-state index >= 15 is 0 Å². The highest BCUT2D eigenvalue weighted by Gasteiger charge is 2.03. The van der Waals surface area contributed by atoms with Gasteiger partial charge in [0.05, 0.1) is 20.1 Å². The van der Waals surface area contributed by atoms with Crippen molar-refractivity contribution < 1.29 is 19.1 Å². The number of hydrogen-bond donors (Lipinski definition) is 2. The quantitative estimate of drug-likeness (QED) is 0.716. The first-order valence-electron chi connectivity index (χ1n) is 5.95. The second kappa shape index (κ2) is 8.10. The van der Waals surface area contributed by atoms with Crippen LogP contribution in [0.1, 0.15) is 12.8 Å². The van der Waals surface area contributed by atoms with Gasteiger partial charge in [-0.2, -0.15) is 0 Å². The summed E-state index contributed by atoms with van der Waals surface area (Å²) >= 11 is 0. The highest BCUT2D eigenvalue weighted by Crippen LogP contribution is 2.16. The van der Waals surface area contributed by atoms with E-state index in [0.29, 0.717) is 18.0 Å². The predicted octanol–water partition coefficient (Wildman–Crippen LogP) is 0.916. The number of nitrogens with two attached hydrogens (primary N) is 1. The van der Waals surface area contributed by atoms with Gasteiger partial charge in [0.15, 0.2) is 0 Å². The molecule has 1 aromatic rings. The van der Waals surface area contributed by atoms with Crippen molar-refractivity contribution in [2.24, 2.45) is 5.73 Å². The van der Waals surface area contributed by atoms with Crippen molar-refractivity contribution in [1.82, 2.24) is 0 Å². The maximum absolute atomic E-state index is 11.3. The Bertz CT molecular complexity index is 417. The van der Waals surface area contributed by atoms with Crippen molar-refractivity contribution >= 4 is 17.6 Å². The van der Waals surface area contributed by atoms with Crippen LogP contribution in [-0.2, 0) is 14.3 Å². The summed E-state index contributed by atoms with van der Waals surface area (Å²) in [5, 5.41) is 2.70. The standard InChI is InChI=1S/C13H18N2O4/c1-18-13(17)7-9-19-11-4-2-10(3-5-11)15-12(16)6-8-14/h2-5H,6-9,14H2,1H3,(H,15,16). The van der Waals surface area contributed by atoms with Gasteiger partial charge in [0, 0.05) is 18.7 Å². The fraction of sp³-hybridized carbons (Fsp3) is 0.385. The molecule has 104 valence electrons. The molecule has 1 rings (SSSR count). The summed E-state index contributed by atoms with van der Waals surface area (Å²) in [7, 11) is 1.33. The maximum atomic E-state index is 11.3. The summed E-state index contributed by atoms with van der Waals surface area (Å²) < 4.78 is 9.85. The van der Waals surface area contributed by atoms with Crippen LogP contribution in [0.25, 0.3) is 0 Å². The maximum Gasteiger partial charge on any atom is 0.308 e. The molecule has 0 unspecified atom stereocenters. The lowest BCUT2D eigenvalue weighted by Gasteiger charge is -2.07. The van der Waals surface area contributed by atoms with E-state index in [1.54, 1.807) is 24.3 Å². The number of carbonyl (C=O) groups is 2. The third-order valence-electron chi connectivity index (χ3n) is 2.31. The molecule has 0 saturated carbocycles. The van der Waals surface area contributed by atoms with Crippen LogP contribution in [0, 0.1) is 0 Å². The minimum Gasteiger partial charge on any atom is -0.493 e. The van der Waals surface area contributed by atoms with Gasteiger partial charge >= 0.3 is 5.97 Å². The Hall–Kier alpha value is -2.08. The van der Waals surface area contributed by atoms with E-state index in [4.69, 9.17) is 10.5 Å². The molecule has 6 heteroatoms. The number of benzene rings is 1. The third-order valence-corrected chi connectivity index (χ3v) is 2.31. The minimum atomic E-state index is -0.314. The predicted molar refractivity (Wildman–Crippen MR) is 70.9 cm³/mol. The smallest absolute Gasteiger partial charge is 0.308 e. The molecule has 0 aromatic heterocycles. The lowest BCUT2D eigenvalue weighted by Crippen LogP contribution is -2.16. The molecule has 19 heavy (non-hydrogen) atoms. The topological polar surface area (TPSA) is 90.6 Å². The van der Waals surface area contributed by atoms with Gasteiger partial charge in [-0.25, -0.2) is 0 Å². The number of rotatable bonds is 7. The van der Waals surface area contributed by atoms with Gasteiger partial charge < -0.3 is 20.5 Å². The highest BCUT2D eigenvalue weighted by molar-refractivity contribution is 5.90. The number of amides is 1. The number of ether oxygens (including phenoxy) is 2. The van der Waals surface area contributed by atoms with Gasteiger partial charge in [0.25, 0.3) is 0 Å². The van der Waals surface area contributed by atoms with E-state index in [-0.39, 0.29) is 31.3 Å². The van der Waals surface area contributed by atoms with Crippen LogP contribution in [-0.4, -0.2) is 32.1 Å². The lowest BCUT2D eigenvalue weighted by molar-refractivity contribution is -0.141. The molecule has 0 aliphatic rings. The van der Waals surface area contributed by atoms with Crippen LogP contribution in [0.15, 0.2) is 24.3 Å². The molecule has 0 atom stereocenters. The van der Waals surface area contributed by atoms with Gasteiger partial charge in [0.1, 0.15) is 5.75 Å². The van der Waals surface area contributed by atoms with E-state index in [2.05, 4.69) is 10.1 Å². The number of esters is 1. The van der Waals surface area contributed by atoms with E-state index in [1.807, 2.05) is 0 Å². The van der Waals surface area contributed by atoms with Gasteiger partial charge in [-0.1, -0.05) is 0 Å². The molecule has 0 aliphatic carbocycles. The highest BCUT2D eigenvalue weighted by atomic mass is 16.5. The molecule has 0 radical (unpaired) electrons. The Morgan fingerprint density at radius 3 is 2.47 bits per heavy atom. The molecule has 1 aromatic carbocycles. The summed E-state index contributed by atoms with van der Waals surface area (Å²) in [4.78, 5) is 22.2. The Morgan fingerprint density at radius 1 is 1.21 bits per heavy atom. The van der Waals surface area contributed by atoms with Crippen LogP contribution in [0.3, 0.4) is 0 Å². The molecule has 6 nitrogen and oxygen atoms in total. The third kappa shape index (κ3) is 5.87. The van der Waals surface area contributed by atoms with Gasteiger partial charge in [-0.3, -0.25) is 9.59 Å². The molecule has 0 spiro atoms. The Morgan fingerprint density at radius 2 is 1.89 bits per heavy atom. The first kappa shape index (κ1) is 15.0. The van der Waals surface area contributed by atoms with Gasteiger partial charge in [0.2, 0.25) is 5.91 Å². The van der Waals surface area contributed by atoms with Crippen molar-refractivity contribution in [3.63, 3.8) is 0 Å². The summed E-state index contributed by atoms with van der Waals surface area (Å²) in [6, 6.07) is 6.88. The van der Waals surface area contributed by atoms with Gasteiger partial charge in [-0.05, 0) is 24.3 Å². The van der Waals surface area contributed by atoms with Crippen LogP contribution < -0.4 is 15.8 Å². The fourth-order valence-corrected chi connectivity index (χ4v) is 1.34. The molecular formula is C13H18N2O4. The zero-order valence-corrected chi connectivity index (χ0v) is 10.8. The number of hydrogen-bond acceptors (Lipinski definition) is 5. The Balaban J connectivity index is 2.39. The van der Waals surface area contributed by atoms with E-state index < -0.39 is 0 Å². The monoisotopic (exact) mass is 266 g/mol. The Labute approximate surface area is 111 Å². The van der Waals surface area contributed by atoms with Crippen molar-refractivity contribution in [3.05, 3.63) is 24.3 Å². The molecule has 0 fully saturated rings. The summed E-state index contributed by atoms with van der Waals surface area (Å²) in [5.41, 5.74) is 5.96. The summed E-state index contributed by atoms with van der Waals surface area (Å²) in [6.45, 7) is 0.576. The number of anilines is 1. The second-order valence-electron chi connectivity index (χ2n) is 3.79. The zero-order valence-electron chi connectivity index (χ0n) is 10.8.